The normalized spacial score (nSPS) is 18.8. The van der Waals surface area contributed by atoms with Crippen LogP contribution in [0, 0.1) is 5.82 Å². The summed E-state index contributed by atoms with van der Waals surface area (Å²) in [6.07, 6.45) is 1.04. The number of benzene rings is 3. The zero-order valence-corrected chi connectivity index (χ0v) is 15.8. The molecule has 1 aliphatic heterocycles. The Labute approximate surface area is 165 Å². The fraction of sp³-hybridized carbons (Fsp3) is 0.208. The van der Waals surface area contributed by atoms with Crippen molar-refractivity contribution < 1.29 is 4.39 Å². The zero-order valence-electron chi connectivity index (χ0n) is 15.8. The highest BCUT2D eigenvalue weighted by molar-refractivity contribution is 5.91. The molecule has 1 heterocycles. The summed E-state index contributed by atoms with van der Waals surface area (Å²) in [5, 5.41) is 3.65. The Balaban J connectivity index is 1.74. The lowest BCUT2D eigenvalue weighted by Gasteiger charge is -2.29. The van der Waals surface area contributed by atoms with E-state index >= 15 is 0 Å². The monoisotopic (exact) mass is 373 g/mol. The highest BCUT2D eigenvalue weighted by Gasteiger charge is 2.26. The van der Waals surface area contributed by atoms with Crippen LogP contribution >= 0.6 is 0 Å². The second-order valence-corrected chi connectivity index (χ2v) is 7.00. The van der Waals surface area contributed by atoms with Crippen LogP contribution in [0.5, 0.6) is 0 Å². The van der Waals surface area contributed by atoms with Gasteiger partial charge in [-0.05, 0) is 48.4 Å². The second kappa shape index (κ2) is 8.81. The molecule has 142 valence electrons. The highest BCUT2D eigenvalue weighted by atomic mass is 19.1. The number of rotatable bonds is 4. The molecule has 3 nitrogen and oxygen atoms in total. The first-order valence-electron chi connectivity index (χ1n) is 9.71. The first-order chi connectivity index (χ1) is 13.8. The summed E-state index contributed by atoms with van der Waals surface area (Å²) in [4.78, 5) is 7.31. The molecule has 0 radical (unpaired) electrons. The SMILES string of the molecule is Fc1ccc(/N=C2/C(c3ccccc3)NCCCN2Cc2ccccc2)cc1. The van der Waals surface area contributed by atoms with E-state index in [0.29, 0.717) is 0 Å². The maximum atomic E-state index is 13.4. The Hall–Kier alpha value is -2.98. The third-order valence-electron chi connectivity index (χ3n) is 4.95. The van der Waals surface area contributed by atoms with Crippen LogP contribution in [0.15, 0.2) is 89.9 Å². The molecular weight excluding hydrogens is 349 g/mol. The molecule has 1 saturated heterocycles. The number of hydrogen-bond acceptors (Lipinski definition) is 2. The molecule has 1 N–H and O–H groups in total. The van der Waals surface area contributed by atoms with E-state index in [1.807, 2.05) is 12.1 Å². The Morgan fingerprint density at radius 3 is 2.29 bits per heavy atom. The molecule has 0 aromatic heterocycles. The topological polar surface area (TPSA) is 27.6 Å². The van der Waals surface area contributed by atoms with Crippen molar-refractivity contribution in [3.05, 3.63) is 102 Å². The molecule has 28 heavy (non-hydrogen) atoms. The Kier molecular flexibility index (Phi) is 5.78. The van der Waals surface area contributed by atoms with Crippen LogP contribution in [0.3, 0.4) is 0 Å². The average Bonchev–Trinajstić information content (AvgIpc) is 2.93. The number of nitrogens with zero attached hydrogens (tertiary/aromatic N) is 2. The molecule has 4 rings (SSSR count). The Morgan fingerprint density at radius 1 is 0.893 bits per heavy atom. The van der Waals surface area contributed by atoms with E-state index in [1.165, 1.54) is 23.3 Å². The first kappa shape index (κ1) is 18.4. The van der Waals surface area contributed by atoms with Crippen molar-refractivity contribution in [1.29, 1.82) is 0 Å². The molecule has 0 saturated carbocycles. The first-order valence-corrected chi connectivity index (χ1v) is 9.71. The summed E-state index contributed by atoms with van der Waals surface area (Å²) in [6, 6.07) is 27.2. The van der Waals surface area contributed by atoms with Gasteiger partial charge in [-0.15, -0.1) is 0 Å². The van der Waals surface area contributed by atoms with Gasteiger partial charge in [0.05, 0.1) is 11.7 Å². The summed E-state index contributed by atoms with van der Waals surface area (Å²) in [5.74, 6) is 0.725. The van der Waals surface area contributed by atoms with Gasteiger partial charge >= 0.3 is 0 Å². The minimum absolute atomic E-state index is 0.00235. The van der Waals surface area contributed by atoms with Gasteiger partial charge in [0.1, 0.15) is 11.7 Å². The molecule has 0 aliphatic carbocycles. The fourth-order valence-electron chi connectivity index (χ4n) is 3.56. The Bertz CT molecular complexity index is 908. The third-order valence-corrected chi connectivity index (χ3v) is 4.95. The van der Waals surface area contributed by atoms with Crippen LogP contribution in [-0.2, 0) is 6.54 Å². The van der Waals surface area contributed by atoms with E-state index in [1.54, 1.807) is 12.1 Å². The third kappa shape index (κ3) is 4.46. The van der Waals surface area contributed by atoms with Gasteiger partial charge in [-0.25, -0.2) is 9.38 Å². The van der Waals surface area contributed by atoms with E-state index in [-0.39, 0.29) is 11.9 Å². The molecule has 0 amide bonds. The predicted octanol–water partition coefficient (Wildman–Crippen LogP) is 5.09. The van der Waals surface area contributed by atoms with Gasteiger partial charge in [0.15, 0.2) is 0 Å². The number of hydrogen-bond donors (Lipinski definition) is 1. The van der Waals surface area contributed by atoms with Gasteiger partial charge in [0.25, 0.3) is 0 Å². The number of halogens is 1. The van der Waals surface area contributed by atoms with Crippen molar-refractivity contribution in [2.75, 3.05) is 13.1 Å². The summed E-state index contributed by atoms with van der Waals surface area (Å²) in [5.41, 5.74) is 3.20. The molecule has 3 aromatic carbocycles. The Morgan fingerprint density at radius 2 is 1.57 bits per heavy atom. The molecule has 1 unspecified atom stereocenters. The van der Waals surface area contributed by atoms with E-state index in [0.717, 1.165) is 37.6 Å². The van der Waals surface area contributed by atoms with Crippen LogP contribution in [0.2, 0.25) is 0 Å². The van der Waals surface area contributed by atoms with Crippen LogP contribution in [0.25, 0.3) is 0 Å². The van der Waals surface area contributed by atoms with E-state index in [2.05, 4.69) is 58.7 Å². The van der Waals surface area contributed by atoms with Gasteiger partial charge in [-0.1, -0.05) is 60.7 Å². The van der Waals surface area contributed by atoms with Crippen molar-refractivity contribution in [3.63, 3.8) is 0 Å². The van der Waals surface area contributed by atoms with Crippen molar-refractivity contribution in [1.82, 2.24) is 10.2 Å². The standard InChI is InChI=1S/C24H24FN3/c25-21-12-14-22(15-13-21)27-24-23(20-10-5-2-6-11-20)26-16-7-17-28(24)18-19-8-3-1-4-9-19/h1-6,8-15,23,26H,7,16-18H2/b27-24-. The van der Waals surface area contributed by atoms with Gasteiger partial charge in [-0.3, -0.25) is 0 Å². The fourth-order valence-corrected chi connectivity index (χ4v) is 3.56. The lowest BCUT2D eigenvalue weighted by molar-refractivity contribution is 0.410. The zero-order chi connectivity index (χ0) is 19.2. The maximum Gasteiger partial charge on any atom is 0.127 e. The van der Waals surface area contributed by atoms with E-state index < -0.39 is 0 Å². The highest BCUT2D eigenvalue weighted by Crippen LogP contribution is 2.25. The van der Waals surface area contributed by atoms with Gasteiger partial charge < -0.3 is 10.2 Å². The largest absolute Gasteiger partial charge is 0.354 e. The summed E-state index contributed by atoms with van der Waals surface area (Å²) in [6.45, 7) is 2.64. The summed E-state index contributed by atoms with van der Waals surface area (Å²) < 4.78 is 13.4. The van der Waals surface area contributed by atoms with Gasteiger partial charge in [-0.2, -0.15) is 0 Å². The van der Waals surface area contributed by atoms with Crippen molar-refractivity contribution in [2.24, 2.45) is 4.99 Å². The van der Waals surface area contributed by atoms with Crippen LogP contribution in [0.4, 0.5) is 10.1 Å². The molecule has 1 aliphatic rings. The number of nitrogens with one attached hydrogen (secondary N) is 1. The molecule has 3 aromatic rings. The van der Waals surface area contributed by atoms with Crippen LogP contribution in [-0.4, -0.2) is 23.8 Å². The minimum atomic E-state index is -0.247. The maximum absolute atomic E-state index is 13.4. The average molecular weight is 373 g/mol. The summed E-state index contributed by atoms with van der Waals surface area (Å²) in [7, 11) is 0. The lowest BCUT2D eigenvalue weighted by Crippen LogP contribution is -2.37. The van der Waals surface area contributed by atoms with Crippen LogP contribution < -0.4 is 5.32 Å². The smallest absolute Gasteiger partial charge is 0.127 e. The molecule has 4 heteroatoms. The molecule has 1 fully saturated rings. The molecule has 1 atom stereocenters. The lowest BCUT2D eigenvalue weighted by atomic mass is 10.0. The van der Waals surface area contributed by atoms with E-state index in [4.69, 9.17) is 4.99 Å². The number of amidine groups is 1. The second-order valence-electron chi connectivity index (χ2n) is 7.00. The number of aliphatic imine (C=N–C) groups is 1. The summed E-state index contributed by atoms with van der Waals surface area (Å²) >= 11 is 0. The van der Waals surface area contributed by atoms with Crippen molar-refractivity contribution in [3.8, 4) is 0 Å². The van der Waals surface area contributed by atoms with Crippen molar-refractivity contribution in [2.45, 2.75) is 19.0 Å². The predicted molar refractivity (Wildman–Crippen MR) is 112 cm³/mol. The van der Waals surface area contributed by atoms with Gasteiger partial charge in [0, 0.05) is 13.1 Å². The van der Waals surface area contributed by atoms with Crippen molar-refractivity contribution >= 4 is 11.5 Å². The van der Waals surface area contributed by atoms with Crippen LogP contribution in [0.1, 0.15) is 23.6 Å². The quantitative estimate of drug-likeness (QED) is 0.690. The molecule has 0 spiro atoms. The van der Waals surface area contributed by atoms with E-state index in [9.17, 15) is 4.39 Å². The minimum Gasteiger partial charge on any atom is -0.354 e. The van der Waals surface area contributed by atoms with Gasteiger partial charge in [0.2, 0.25) is 0 Å². The molecular formula is C24H24FN3. The molecule has 0 bridgehead atoms.